The van der Waals surface area contributed by atoms with Gasteiger partial charge in [-0.2, -0.15) is 5.10 Å². The molecular weight excluding hydrogens is 172 g/mol. The highest BCUT2D eigenvalue weighted by Gasteiger charge is 2.30. The van der Waals surface area contributed by atoms with Gasteiger partial charge in [-0.1, -0.05) is 0 Å². The van der Waals surface area contributed by atoms with Gasteiger partial charge in [0.15, 0.2) is 17.6 Å². The third kappa shape index (κ3) is 1.55. The maximum Gasteiger partial charge on any atom is 0.163 e. The summed E-state index contributed by atoms with van der Waals surface area (Å²) in [7, 11) is 3.09. The fourth-order valence-corrected chi connectivity index (χ4v) is 1.20. The number of methoxy groups -OCH3 is 1. The first-order chi connectivity index (χ1) is 6.03. The number of aryl methyl sites for hydroxylation is 1. The molecule has 0 spiro atoms. The molecule has 1 heterocycles. The van der Waals surface area contributed by atoms with Crippen molar-refractivity contribution in [3.05, 3.63) is 11.9 Å². The van der Waals surface area contributed by atoms with Crippen molar-refractivity contribution in [3.8, 4) is 5.75 Å². The molecule has 1 aromatic rings. The monoisotopic (exact) mass is 184 g/mol. The molecule has 0 amide bonds. The number of nitrogens with zero attached hydrogens (tertiary/aromatic N) is 2. The van der Waals surface area contributed by atoms with Gasteiger partial charge in [-0.3, -0.25) is 9.48 Å². The van der Waals surface area contributed by atoms with Crippen LogP contribution in [0.5, 0.6) is 5.75 Å². The second-order valence-electron chi connectivity index (χ2n) is 2.95. The Labute approximate surface area is 75.9 Å². The Morgan fingerprint density at radius 2 is 2.38 bits per heavy atom. The quantitative estimate of drug-likeness (QED) is 0.663. The number of carbonyl (C=O) groups is 1. The lowest BCUT2D eigenvalue weighted by molar-refractivity contribution is -0.123. The van der Waals surface area contributed by atoms with Crippen molar-refractivity contribution in [3.63, 3.8) is 0 Å². The fraction of sp³-hybridized carbons (Fsp3) is 0.500. The molecule has 0 aliphatic carbocycles. The zero-order valence-electron chi connectivity index (χ0n) is 7.81. The average molecular weight is 184 g/mol. The van der Waals surface area contributed by atoms with Gasteiger partial charge in [-0.25, -0.2) is 0 Å². The Hall–Kier alpha value is -1.36. The van der Waals surface area contributed by atoms with E-state index >= 15 is 0 Å². The van der Waals surface area contributed by atoms with Crippen LogP contribution in [0, 0.1) is 0 Å². The molecule has 0 aromatic carbocycles. The predicted molar refractivity (Wildman–Crippen MR) is 45.4 cm³/mol. The van der Waals surface area contributed by atoms with Gasteiger partial charge in [-0.05, 0) is 6.92 Å². The Morgan fingerprint density at radius 1 is 1.77 bits per heavy atom. The van der Waals surface area contributed by atoms with E-state index in [9.17, 15) is 9.90 Å². The van der Waals surface area contributed by atoms with E-state index in [1.807, 2.05) is 0 Å². The zero-order valence-corrected chi connectivity index (χ0v) is 7.81. The smallest absolute Gasteiger partial charge is 0.163 e. The summed E-state index contributed by atoms with van der Waals surface area (Å²) in [6.45, 7) is 1.39. The van der Waals surface area contributed by atoms with Gasteiger partial charge in [0, 0.05) is 7.05 Å². The Kier molecular flexibility index (Phi) is 2.38. The molecule has 1 atom stereocenters. The van der Waals surface area contributed by atoms with Gasteiger partial charge in [0.1, 0.15) is 5.69 Å². The maximum atomic E-state index is 10.6. The molecule has 13 heavy (non-hydrogen) atoms. The third-order valence-corrected chi connectivity index (χ3v) is 1.83. The predicted octanol–water partition coefficient (Wildman–Crippen LogP) is -0.165. The average Bonchev–Trinajstić information content (AvgIpc) is 2.47. The van der Waals surface area contributed by atoms with Crippen molar-refractivity contribution in [2.45, 2.75) is 12.5 Å². The van der Waals surface area contributed by atoms with E-state index in [1.54, 1.807) is 7.05 Å². The number of aromatic nitrogens is 2. The molecule has 1 N–H and O–H groups in total. The Balaban J connectivity index is 3.25. The van der Waals surface area contributed by atoms with Crippen LogP contribution in [0.1, 0.15) is 12.6 Å². The number of carbonyl (C=O) groups excluding carboxylic acids is 1. The van der Waals surface area contributed by atoms with Crippen LogP contribution in [0.25, 0.3) is 0 Å². The Morgan fingerprint density at radius 3 is 2.85 bits per heavy atom. The molecule has 0 fully saturated rings. The summed E-state index contributed by atoms with van der Waals surface area (Å²) in [4.78, 5) is 10.6. The normalized spacial score (nSPS) is 15.1. The highest BCUT2D eigenvalue weighted by Crippen LogP contribution is 2.27. The van der Waals surface area contributed by atoms with Crippen LogP contribution in [0.3, 0.4) is 0 Å². The fourth-order valence-electron chi connectivity index (χ4n) is 1.20. The van der Waals surface area contributed by atoms with Crippen molar-refractivity contribution in [2.24, 2.45) is 7.05 Å². The van der Waals surface area contributed by atoms with Crippen molar-refractivity contribution in [2.75, 3.05) is 7.11 Å². The number of aliphatic hydroxyl groups is 1. The topological polar surface area (TPSA) is 64.3 Å². The molecular formula is C8H12N2O3. The largest absolute Gasteiger partial charge is 0.493 e. The van der Waals surface area contributed by atoms with Crippen molar-refractivity contribution >= 4 is 6.29 Å². The summed E-state index contributed by atoms with van der Waals surface area (Å²) in [5.74, 6) is 0.402. The van der Waals surface area contributed by atoms with Crippen LogP contribution in [0.4, 0.5) is 0 Å². The van der Waals surface area contributed by atoms with E-state index in [4.69, 9.17) is 4.74 Å². The lowest BCUT2D eigenvalue weighted by atomic mass is 10.0. The van der Waals surface area contributed by atoms with Gasteiger partial charge in [0.05, 0.1) is 13.3 Å². The molecule has 1 unspecified atom stereocenters. The number of hydrogen-bond donors (Lipinski definition) is 1. The van der Waals surface area contributed by atoms with E-state index in [-0.39, 0.29) is 0 Å². The van der Waals surface area contributed by atoms with Crippen LogP contribution in [-0.2, 0) is 17.4 Å². The first-order valence-corrected chi connectivity index (χ1v) is 3.78. The van der Waals surface area contributed by atoms with Crippen molar-refractivity contribution < 1.29 is 14.6 Å². The molecule has 0 saturated carbocycles. The molecule has 1 rings (SSSR count). The highest BCUT2D eigenvalue weighted by atomic mass is 16.5. The molecule has 0 radical (unpaired) electrons. The number of aldehydes is 1. The summed E-state index contributed by atoms with van der Waals surface area (Å²) in [5.41, 5.74) is -1.21. The van der Waals surface area contributed by atoms with E-state index in [0.29, 0.717) is 17.7 Å². The van der Waals surface area contributed by atoms with E-state index in [0.717, 1.165) is 0 Å². The molecule has 0 saturated heterocycles. The highest BCUT2D eigenvalue weighted by molar-refractivity contribution is 5.65. The van der Waals surface area contributed by atoms with E-state index in [2.05, 4.69) is 5.10 Å². The third-order valence-electron chi connectivity index (χ3n) is 1.83. The van der Waals surface area contributed by atoms with E-state index < -0.39 is 5.60 Å². The molecule has 72 valence electrons. The van der Waals surface area contributed by atoms with Crippen LogP contribution >= 0.6 is 0 Å². The maximum absolute atomic E-state index is 10.6. The molecule has 0 aliphatic rings. The standard InChI is InChI=1S/C8H12N2O3/c1-8(12,5-11)7-6(13-3)4-9-10(7)2/h4-5,12H,1-3H3. The van der Waals surface area contributed by atoms with Crippen molar-refractivity contribution in [1.82, 2.24) is 9.78 Å². The van der Waals surface area contributed by atoms with Crippen molar-refractivity contribution in [1.29, 1.82) is 0 Å². The Bertz CT molecular complexity index is 317. The lowest BCUT2D eigenvalue weighted by Crippen LogP contribution is -2.26. The summed E-state index contributed by atoms with van der Waals surface area (Å²) in [5, 5.41) is 13.5. The SMILES string of the molecule is COc1cnn(C)c1C(C)(O)C=O. The summed E-state index contributed by atoms with van der Waals surface area (Å²) < 4.78 is 6.36. The van der Waals surface area contributed by atoms with Gasteiger partial charge in [-0.15, -0.1) is 0 Å². The molecule has 0 aliphatic heterocycles. The second-order valence-corrected chi connectivity index (χ2v) is 2.95. The molecule has 5 nitrogen and oxygen atoms in total. The molecule has 0 bridgehead atoms. The summed E-state index contributed by atoms with van der Waals surface area (Å²) in [6, 6.07) is 0. The van der Waals surface area contributed by atoms with Gasteiger partial charge in [0.25, 0.3) is 0 Å². The van der Waals surface area contributed by atoms with Gasteiger partial charge >= 0.3 is 0 Å². The van der Waals surface area contributed by atoms with Crippen LogP contribution in [0.15, 0.2) is 6.20 Å². The van der Waals surface area contributed by atoms with Crippen LogP contribution in [-0.4, -0.2) is 28.3 Å². The second kappa shape index (κ2) is 3.18. The zero-order chi connectivity index (χ0) is 10.1. The summed E-state index contributed by atoms with van der Waals surface area (Å²) in [6.07, 6.45) is 1.90. The van der Waals surface area contributed by atoms with Crippen LogP contribution < -0.4 is 4.74 Å². The molecule has 5 heteroatoms. The number of hydrogen-bond acceptors (Lipinski definition) is 4. The minimum atomic E-state index is -1.56. The van der Waals surface area contributed by atoms with Crippen LogP contribution in [0.2, 0.25) is 0 Å². The summed E-state index contributed by atoms with van der Waals surface area (Å²) >= 11 is 0. The lowest BCUT2D eigenvalue weighted by Gasteiger charge is -2.17. The first-order valence-electron chi connectivity index (χ1n) is 3.78. The van der Waals surface area contributed by atoms with E-state index in [1.165, 1.54) is 24.9 Å². The minimum Gasteiger partial charge on any atom is -0.493 e. The number of ether oxygens (including phenoxy) is 1. The molecule has 1 aromatic heterocycles. The first kappa shape index (κ1) is 9.73. The number of rotatable bonds is 3. The minimum absolute atomic E-state index is 0.352. The van der Waals surface area contributed by atoms with Gasteiger partial charge < -0.3 is 9.84 Å². The van der Waals surface area contributed by atoms with Gasteiger partial charge in [0.2, 0.25) is 0 Å².